The molecule has 2 aromatic heterocycles. The lowest BCUT2D eigenvalue weighted by atomic mass is 10.1. The van der Waals surface area contributed by atoms with Gasteiger partial charge in [-0.1, -0.05) is 41.2 Å². The van der Waals surface area contributed by atoms with Crippen molar-refractivity contribution in [2.45, 2.75) is 13.3 Å². The van der Waals surface area contributed by atoms with Crippen LogP contribution in [0.25, 0.3) is 0 Å². The molecule has 154 valence electrons. The number of nitrogens with one attached hydrogen (secondary N) is 1. The van der Waals surface area contributed by atoms with Crippen LogP contribution < -0.4 is 10.2 Å². The van der Waals surface area contributed by atoms with Gasteiger partial charge in [-0.2, -0.15) is 0 Å². The number of aromatic nitrogens is 3. The number of pyridine rings is 1. The number of anilines is 2. The van der Waals surface area contributed by atoms with Gasteiger partial charge in [-0.05, 0) is 24.6 Å². The number of benzene rings is 1. The minimum absolute atomic E-state index is 0.148. The number of aryl methyl sites for hydroxylation is 1. The van der Waals surface area contributed by atoms with Crippen LogP contribution in [0.2, 0.25) is 0 Å². The number of hydrogen-bond acceptors (Lipinski definition) is 7. The average Bonchev–Trinajstić information content (AvgIpc) is 3.28. The van der Waals surface area contributed by atoms with Crippen molar-refractivity contribution in [1.29, 1.82) is 0 Å². The molecule has 1 saturated heterocycles. The maximum Gasteiger partial charge on any atom is 0.259 e. The minimum Gasteiger partial charge on any atom is -0.353 e. The first-order chi connectivity index (χ1) is 14.6. The van der Waals surface area contributed by atoms with Gasteiger partial charge in [0.05, 0.1) is 12.0 Å². The van der Waals surface area contributed by atoms with Crippen molar-refractivity contribution in [2.24, 2.45) is 0 Å². The molecule has 1 aromatic carbocycles. The fourth-order valence-corrected chi connectivity index (χ4v) is 3.72. The summed E-state index contributed by atoms with van der Waals surface area (Å²) in [6.07, 6.45) is 1.98. The van der Waals surface area contributed by atoms with Gasteiger partial charge in [0, 0.05) is 32.4 Å². The molecule has 3 aromatic rings. The molecule has 0 radical (unpaired) electrons. The fraction of sp³-hybridized carbons (Fsp3) is 0.286. The molecular formula is C21H22N6O2S. The van der Waals surface area contributed by atoms with E-state index in [4.69, 9.17) is 0 Å². The quantitative estimate of drug-likeness (QED) is 0.679. The third-order valence-corrected chi connectivity index (χ3v) is 5.63. The summed E-state index contributed by atoms with van der Waals surface area (Å²) in [6, 6.07) is 11.7. The maximum absolute atomic E-state index is 12.6. The van der Waals surface area contributed by atoms with Gasteiger partial charge >= 0.3 is 0 Å². The fourth-order valence-electron chi connectivity index (χ4n) is 3.28. The van der Waals surface area contributed by atoms with E-state index >= 15 is 0 Å². The summed E-state index contributed by atoms with van der Waals surface area (Å²) >= 11 is 1.26. The summed E-state index contributed by atoms with van der Waals surface area (Å²) in [5.74, 6) is 0.681. The van der Waals surface area contributed by atoms with Crippen LogP contribution in [0.5, 0.6) is 0 Å². The highest BCUT2D eigenvalue weighted by Crippen LogP contribution is 2.16. The molecule has 1 N–H and O–H groups in total. The Kier molecular flexibility index (Phi) is 5.99. The number of carbonyl (C=O) groups excluding carboxylic acids is 2. The summed E-state index contributed by atoms with van der Waals surface area (Å²) in [5, 5.41) is 10.6. The Morgan fingerprint density at radius 2 is 1.83 bits per heavy atom. The van der Waals surface area contributed by atoms with Gasteiger partial charge in [0.15, 0.2) is 0 Å². The summed E-state index contributed by atoms with van der Waals surface area (Å²) in [7, 11) is 0. The average molecular weight is 423 g/mol. The zero-order chi connectivity index (χ0) is 20.9. The number of amides is 2. The highest BCUT2D eigenvalue weighted by atomic mass is 32.1. The van der Waals surface area contributed by atoms with E-state index in [0.29, 0.717) is 43.3 Å². The highest BCUT2D eigenvalue weighted by molar-refractivity contribution is 7.13. The van der Waals surface area contributed by atoms with E-state index in [-0.39, 0.29) is 11.8 Å². The number of piperazine rings is 1. The number of rotatable bonds is 5. The predicted molar refractivity (Wildman–Crippen MR) is 116 cm³/mol. The summed E-state index contributed by atoms with van der Waals surface area (Å²) in [4.78, 5) is 33.3. The lowest BCUT2D eigenvalue weighted by Gasteiger charge is -2.35. The van der Waals surface area contributed by atoms with E-state index in [1.165, 1.54) is 16.9 Å². The summed E-state index contributed by atoms with van der Waals surface area (Å²) in [5.41, 5.74) is 4.25. The van der Waals surface area contributed by atoms with E-state index in [1.807, 2.05) is 42.2 Å². The SMILES string of the molecule is Cc1ccc(CC(=O)N2CCN(c3ccc(C(=O)Nc4nncs4)cn3)CC2)cc1. The van der Waals surface area contributed by atoms with Crippen molar-refractivity contribution < 1.29 is 9.59 Å². The summed E-state index contributed by atoms with van der Waals surface area (Å²) < 4.78 is 0. The molecule has 0 spiro atoms. The van der Waals surface area contributed by atoms with Crippen molar-refractivity contribution in [3.63, 3.8) is 0 Å². The molecule has 0 aliphatic carbocycles. The predicted octanol–water partition coefficient (Wildman–Crippen LogP) is 2.39. The second kappa shape index (κ2) is 9.00. The lowest BCUT2D eigenvalue weighted by Crippen LogP contribution is -2.49. The molecule has 1 fully saturated rings. The van der Waals surface area contributed by atoms with Crippen molar-refractivity contribution in [3.8, 4) is 0 Å². The minimum atomic E-state index is -0.266. The van der Waals surface area contributed by atoms with Crippen molar-refractivity contribution in [3.05, 3.63) is 64.8 Å². The molecular weight excluding hydrogens is 400 g/mol. The molecule has 3 heterocycles. The Bertz CT molecular complexity index is 997. The van der Waals surface area contributed by atoms with Crippen molar-refractivity contribution in [2.75, 3.05) is 36.4 Å². The first-order valence-corrected chi connectivity index (χ1v) is 10.6. The molecule has 30 heavy (non-hydrogen) atoms. The molecule has 0 saturated carbocycles. The van der Waals surface area contributed by atoms with Crippen molar-refractivity contribution in [1.82, 2.24) is 20.1 Å². The van der Waals surface area contributed by atoms with Crippen molar-refractivity contribution >= 4 is 34.1 Å². The van der Waals surface area contributed by atoms with Crippen LogP contribution in [0.1, 0.15) is 21.5 Å². The molecule has 1 aliphatic heterocycles. The second-order valence-corrected chi connectivity index (χ2v) is 7.97. The number of hydrogen-bond donors (Lipinski definition) is 1. The van der Waals surface area contributed by atoms with Gasteiger partial charge in [0.2, 0.25) is 11.0 Å². The van der Waals surface area contributed by atoms with E-state index in [9.17, 15) is 9.59 Å². The standard InChI is InChI=1S/C21H22N6O2S/c1-15-2-4-16(5-3-15)12-19(28)27-10-8-26(9-11-27)18-7-6-17(13-22-18)20(29)24-21-25-23-14-30-21/h2-7,13-14H,8-12H2,1H3,(H,24,25,29). The van der Waals surface area contributed by atoms with E-state index in [0.717, 1.165) is 11.4 Å². The van der Waals surface area contributed by atoms with Gasteiger partial charge < -0.3 is 9.80 Å². The normalized spacial score (nSPS) is 13.9. The lowest BCUT2D eigenvalue weighted by molar-refractivity contribution is -0.130. The Morgan fingerprint density at radius 3 is 2.47 bits per heavy atom. The van der Waals surface area contributed by atoms with Gasteiger partial charge in [0.25, 0.3) is 5.91 Å². The van der Waals surface area contributed by atoms with Gasteiger partial charge in [0.1, 0.15) is 11.3 Å². The summed E-state index contributed by atoms with van der Waals surface area (Å²) in [6.45, 7) is 4.78. The first-order valence-electron chi connectivity index (χ1n) is 9.70. The zero-order valence-corrected chi connectivity index (χ0v) is 17.4. The molecule has 8 nitrogen and oxygen atoms in total. The van der Waals surface area contributed by atoms with Gasteiger partial charge in [-0.3, -0.25) is 14.9 Å². The first kappa shape index (κ1) is 20.0. The second-order valence-electron chi connectivity index (χ2n) is 7.13. The Hall–Kier alpha value is -3.33. The van der Waals surface area contributed by atoms with Crippen LogP contribution in [-0.2, 0) is 11.2 Å². The van der Waals surface area contributed by atoms with Crippen LogP contribution in [0.4, 0.5) is 10.9 Å². The molecule has 2 amide bonds. The monoisotopic (exact) mass is 422 g/mol. The smallest absolute Gasteiger partial charge is 0.259 e. The molecule has 0 atom stereocenters. The molecule has 4 rings (SSSR count). The topological polar surface area (TPSA) is 91.3 Å². The molecule has 9 heteroatoms. The van der Waals surface area contributed by atoms with E-state index in [2.05, 4.69) is 25.4 Å². The largest absolute Gasteiger partial charge is 0.353 e. The molecule has 0 bridgehead atoms. The number of nitrogens with zero attached hydrogens (tertiary/aromatic N) is 5. The molecule has 1 aliphatic rings. The zero-order valence-electron chi connectivity index (χ0n) is 16.6. The van der Waals surface area contributed by atoms with Gasteiger partial charge in [-0.25, -0.2) is 4.98 Å². The van der Waals surface area contributed by atoms with E-state index in [1.54, 1.807) is 17.8 Å². The third kappa shape index (κ3) is 4.80. The van der Waals surface area contributed by atoms with Crippen LogP contribution in [0.15, 0.2) is 48.1 Å². The van der Waals surface area contributed by atoms with Crippen LogP contribution in [0.3, 0.4) is 0 Å². The Morgan fingerprint density at radius 1 is 1.07 bits per heavy atom. The number of carbonyl (C=O) groups is 2. The van der Waals surface area contributed by atoms with Crippen LogP contribution in [-0.4, -0.2) is 58.1 Å². The maximum atomic E-state index is 12.6. The van der Waals surface area contributed by atoms with Crippen LogP contribution >= 0.6 is 11.3 Å². The van der Waals surface area contributed by atoms with Crippen LogP contribution in [0, 0.1) is 6.92 Å². The Balaban J connectivity index is 1.29. The highest BCUT2D eigenvalue weighted by Gasteiger charge is 2.22. The Labute approximate surface area is 178 Å². The van der Waals surface area contributed by atoms with E-state index < -0.39 is 0 Å². The molecule has 0 unspecified atom stereocenters. The third-order valence-electron chi connectivity index (χ3n) is 5.02. The van der Waals surface area contributed by atoms with Gasteiger partial charge in [-0.15, -0.1) is 10.2 Å².